The van der Waals surface area contributed by atoms with Crippen LogP contribution in [-0.2, 0) is 47.5 Å². The molecule has 1 fully saturated rings. The Morgan fingerprint density at radius 3 is 1.97 bits per heavy atom. The summed E-state index contributed by atoms with van der Waals surface area (Å²) in [4.78, 5) is 58.9. The number of nitrogens with one attached hydrogen (secondary N) is 2. The first-order chi connectivity index (χ1) is 17.1. The quantitative estimate of drug-likeness (QED) is 0.149. The first kappa shape index (κ1) is 30.4. The van der Waals surface area contributed by atoms with Crippen molar-refractivity contribution >= 4 is 30.1 Å². The van der Waals surface area contributed by atoms with E-state index in [-0.39, 0.29) is 33.0 Å². The van der Waals surface area contributed by atoms with E-state index in [1.807, 2.05) is 0 Å². The maximum Gasteiger partial charge on any atom is 0.407 e. The fourth-order valence-electron chi connectivity index (χ4n) is 3.02. The molecule has 1 aliphatic rings. The Balaban J connectivity index is 3.16. The van der Waals surface area contributed by atoms with Crippen LogP contribution in [0.15, 0.2) is 25.3 Å². The molecule has 0 aromatic heterocycles. The zero-order chi connectivity index (χ0) is 27.1. The van der Waals surface area contributed by atoms with Crippen LogP contribution in [0.3, 0.4) is 0 Å². The third kappa shape index (κ3) is 11.2. The Bertz CT molecular complexity index is 802. The maximum absolute atomic E-state index is 12.3. The molecule has 1 heterocycles. The summed E-state index contributed by atoms with van der Waals surface area (Å²) in [7, 11) is 0. The summed E-state index contributed by atoms with van der Waals surface area (Å²) in [6, 6.07) is -1.24. The fourth-order valence-corrected chi connectivity index (χ4v) is 3.02. The largest absolute Gasteiger partial charge is 0.463 e. The van der Waals surface area contributed by atoms with Crippen LogP contribution in [0.2, 0.25) is 0 Å². The number of carbonyl (C=O) groups is 5. The van der Waals surface area contributed by atoms with Gasteiger partial charge in [0.1, 0.15) is 32.0 Å². The molecule has 202 valence electrons. The van der Waals surface area contributed by atoms with Gasteiger partial charge in [-0.1, -0.05) is 25.3 Å². The van der Waals surface area contributed by atoms with Crippen LogP contribution >= 0.6 is 0 Å². The Hall–Kier alpha value is -3.65. The van der Waals surface area contributed by atoms with Crippen molar-refractivity contribution in [1.82, 2.24) is 10.6 Å². The van der Waals surface area contributed by atoms with E-state index in [9.17, 15) is 24.0 Å². The molecular formula is C22H32N2O12. The van der Waals surface area contributed by atoms with Crippen LogP contribution in [0.25, 0.3) is 0 Å². The molecule has 2 amide bonds. The van der Waals surface area contributed by atoms with E-state index in [1.165, 1.54) is 12.2 Å². The third-order valence-corrected chi connectivity index (χ3v) is 4.30. The Kier molecular flexibility index (Phi) is 13.6. The normalized spacial score (nSPS) is 22.8. The lowest BCUT2D eigenvalue weighted by atomic mass is 9.96. The van der Waals surface area contributed by atoms with Crippen LogP contribution in [0, 0.1) is 0 Å². The summed E-state index contributed by atoms with van der Waals surface area (Å²) < 4.78 is 36.9. The zero-order valence-corrected chi connectivity index (χ0v) is 20.4. The first-order valence-corrected chi connectivity index (χ1v) is 10.9. The molecule has 0 saturated carbocycles. The average Bonchev–Trinajstić information content (AvgIpc) is 2.80. The molecule has 1 aliphatic heterocycles. The lowest BCUT2D eigenvalue weighted by molar-refractivity contribution is -0.276. The van der Waals surface area contributed by atoms with Crippen molar-refractivity contribution in [2.24, 2.45) is 0 Å². The van der Waals surface area contributed by atoms with Gasteiger partial charge in [-0.2, -0.15) is 0 Å². The standard InChI is InChI=1S/C22H32N2O12/c1-6-9-31-21(28)23-8-11-30-20-17(24-22(29)32-10-7-2)19(35-15(5)27)18(34-14(4)26)16(36-20)12-33-13(3)25/h6-7,16-20H,1-2,8-12H2,3-5H3,(H,23,28)(H,24,29)/t16-,17+,18-,19-,20+/m1/s1. The summed E-state index contributed by atoms with van der Waals surface area (Å²) in [6.45, 7) is 9.62. The van der Waals surface area contributed by atoms with Crippen molar-refractivity contribution in [2.75, 3.05) is 33.0 Å². The van der Waals surface area contributed by atoms with Gasteiger partial charge in [-0.25, -0.2) is 9.59 Å². The van der Waals surface area contributed by atoms with E-state index in [4.69, 9.17) is 33.2 Å². The number of hydrogen-bond donors (Lipinski definition) is 2. The van der Waals surface area contributed by atoms with Crippen molar-refractivity contribution in [3.8, 4) is 0 Å². The molecule has 1 rings (SSSR count). The lowest BCUT2D eigenvalue weighted by Crippen LogP contribution is -2.67. The number of esters is 3. The minimum atomic E-state index is -1.33. The van der Waals surface area contributed by atoms with Crippen LogP contribution in [0.5, 0.6) is 0 Å². The second-order valence-corrected chi connectivity index (χ2v) is 7.24. The van der Waals surface area contributed by atoms with Crippen LogP contribution in [0.1, 0.15) is 20.8 Å². The summed E-state index contributed by atoms with van der Waals surface area (Å²) in [5.41, 5.74) is 0. The molecule has 2 N–H and O–H groups in total. The highest BCUT2D eigenvalue weighted by Crippen LogP contribution is 2.28. The summed E-state index contributed by atoms with van der Waals surface area (Å²) in [6.07, 6.45) is -3.99. The number of rotatable bonds is 13. The van der Waals surface area contributed by atoms with E-state index < -0.39 is 60.7 Å². The Morgan fingerprint density at radius 1 is 0.833 bits per heavy atom. The highest BCUT2D eigenvalue weighted by atomic mass is 16.7. The van der Waals surface area contributed by atoms with Gasteiger partial charge in [-0.3, -0.25) is 14.4 Å². The van der Waals surface area contributed by atoms with Gasteiger partial charge in [0.05, 0.1) is 6.61 Å². The van der Waals surface area contributed by atoms with E-state index >= 15 is 0 Å². The molecule has 14 nitrogen and oxygen atoms in total. The van der Waals surface area contributed by atoms with E-state index in [1.54, 1.807) is 0 Å². The van der Waals surface area contributed by atoms with Gasteiger partial charge in [0.2, 0.25) is 0 Å². The third-order valence-electron chi connectivity index (χ3n) is 4.30. The topological polar surface area (TPSA) is 174 Å². The number of alkyl carbamates (subject to hydrolysis) is 2. The van der Waals surface area contributed by atoms with Gasteiger partial charge in [0, 0.05) is 27.3 Å². The van der Waals surface area contributed by atoms with Gasteiger partial charge in [0.25, 0.3) is 0 Å². The summed E-state index contributed by atoms with van der Waals surface area (Å²) >= 11 is 0. The number of amides is 2. The van der Waals surface area contributed by atoms with Crippen molar-refractivity contribution in [3.63, 3.8) is 0 Å². The molecule has 1 saturated heterocycles. The molecule has 0 radical (unpaired) electrons. The SMILES string of the molecule is C=CCOC(=O)NCCO[C@H]1O[C@H](COC(C)=O)[C@@H](OC(C)=O)[C@H](OC(C)=O)[C@@H]1NC(=O)OCC=C. The van der Waals surface area contributed by atoms with E-state index in [0.717, 1.165) is 20.8 Å². The van der Waals surface area contributed by atoms with Crippen molar-refractivity contribution in [3.05, 3.63) is 25.3 Å². The molecule has 0 aromatic carbocycles. The molecule has 36 heavy (non-hydrogen) atoms. The molecule has 0 unspecified atom stereocenters. The Morgan fingerprint density at radius 2 is 1.42 bits per heavy atom. The van der Waals surface area contributed by atoms with Gasteiger partial charge < -0.3 is 43.8 Å². The molecule has 0 aliphatic carbocycles. The first-order valence-electron chi connectivity index (χ1n) is 10.9. The van der Waals surface area contributed by atoms with Gasteiger partial charge in [-0.15, -0.1) is 0 Å². The van der Waals surface area contributed by atoms with E-state index in [2.05, 4.69) is 23.8 Å². The molecule has 0 aromatic rings. The maximum atomic E-state index is 12.3. The van der Waals surface area contributed by atoms with Crippen molar-refractivity contribution in [1.29, 1.82) is 0 Å². The Labute approximate surface area is 208 Å². The van der Waals surface area contributed by atoms with Crippen LogP contribution in [-0.4, -0.2) is 93.7 Å². The monoisotopic (exact) mass is 516 g/mol. The molecular weight excluding hydrogens is 484 g/mol. The second kappa shape index (κ2) is 16.1. The molecule has 14 heteroatoms. The van der Waals surface area contributed by atoms with Crippen molar-refractivity contribution in [2.45, 2.75) is 51.4 Å². The van der Waals surface area contributed by atoms with E-state index in [0.29, 0.717) is 0 Å². The molecule has 5 atom stereocenters. The summed E-state index contributed by atoms with van der Waals surface area (Å²) in [5, 5.41) is 4.90. The lowest BCUT2D eigenvalue weighted by Gasteiger charge is -2.44. The minimum Gasteiger partial charge on any atom is -0.463 e. The zero-order valence-electron chi connectivity index (χ0n) is 20.4. The van der Waals surface area contributed by atoms with Gasteiger partial charge >= 0.3 is 30.1 Å². The predicted octanol–water partition coefficient (Wildman–Crippen LogP) is 0.347. The second-order valence-electron chi connectivity index (χ2n) is 7.24. The predicted molar refractivity (Wildman–Crippen MR) is 120 cm³/mol. The minimum absolute atomic E-state index is 0.0106. The van der Waals surface area contributed by atoms with Gasteiger partial charge in [0.15, 0.2) is 18.5 Å². The van der Waals surface area contributed by atoms with Crippen molar-refractivity contribution < 1.29 is 57.1 Å². The van der Waals surface area contributed by atoms with Crippen LogP contribution < -0.4 is 10.6 Å². The molecule has 0 spiro atoms. The number of ether oxygens (including phenoxy) is 7. The van der Waals surface area contributed by atoms with Crippen LogP contribution in [0.4, 0.5) is 9.59 Å². The number of carbonyl (C=O) groups excluding carboxylic acids is 5. The summed E-state index contributed by atoms with van der Waals surface area (Å²) in [5.74, 6) is -2.15. The van der Waals surface area contributed by atoms with Gasteiger partial charge in [-0.05, 0) is 0 Å². The highest BCUT2D eigenvalue weighted by molar-refractivity contribution is 5.69. The highest BCUT2D eigenvalue weighted by Gasteiger charge is 2.51. The fraction of sp³-hybridized carbons (Fsp3) is 0.591. The molecule has 0 bridgehead atoms. The number of hydrogen-bond acceptors (Lipinski definition) is 12. The smallest absolute Gasteiger partial charge is 0.407 e. The average molecular weight is 517 g/mol.